The van der Waals surface area contributed by atoms with Gasteiger partial charge in [-0.05, 0) is 52.8 Å². The summed E-state index contributed by atoms with van der Waals surface area (Å²) < 4.78 is 8.97. The van der Waals surface area contributed by atoms with Crippen LogP contribution in [0.15, 0.2) is 49.8 Å². The van der Waals surface area contributed by atoms with Gasteiger partial charge in [-0.2, -0.15) is 0 Å². The van der Waals surface area contributed by atoms with Crippen LogP contribution < -0.4 is 10.1 Å². The Morgan fingerprint density at radius 2 is 1.65 bits per heavy atom. The maximum Gasteiger partial charge on any atom is 0.141 e. The summed E-state index contributed by atoms with van der Waals surface area (Å²) in [5, 5.41) is 3.32. The van der Waals surface area contributed by atoms with Crippen LogP contribution in [-0.2, 0) is 6.54 Å². The van der Waals surface area contributed by atoms with Gasteiger partial charge in [-0.1, -0.05) is 44.8 Å². The quantitative estimate of drug-likeness (QED) is 0.598. The first-order valence-corrected chi connectivity index (χ1v) is 8.60. The van der Waals surface area contributed by atoms with Gasteiger partial charge < -0.3 is 10.1 Å². The second kappa shape index (κ2) is 7.59. The van der Waals surface area contributed by atoms with Crippen LogP contribution >= 0.6 is 47.8 Å². The molecule has 2 rings (SSSR count). The zero-order valence-electron chi connectivity index (χ0n) is 10.9. The Hall–Kier alpha value is -0.360. The first-order valence-electron chi connectivity index (χ1n) is 6.22. The molecular formula is C15H14Br3NO. The van der Waals surface area contributed by atoms with Crippen molar-refractivity contribution in [3.05, 3.63) is 55.4 Å². The first kappa shape index (κ1) is 16.0. The zero-order chi connectivity index (χ0) is 14.5. The van der Waals surface area contributed by atoms with Crippen molar-refractivity contribution >= 4 is 47.8 Å². The summed E-state index contributed by atoms with van der Waals surface area (Å²) >= 11 is 10.4. The number of nitrogens with one attached hydrogen (secondary N) is 1. The summed E-state index contributed by atoms with van der Waals surface area (Å²) in [6.45, 7) is 3.80. The molecule has 2 aromatic rings. The fraction of sp³-hybridized carbons (Fsp3) is 0.200. The predicted molar refractivity (Wildman–Crippen MR) is 93.4 cm³/mol. The summed E-state index contributed by atoms with van der Waals surface area (Å²) in [7, 11) is 0. The van der Waals surface area contributed by atoms with Crippen LogP contribution in [0.5, 0.6) is 11.5 Å². The van der Waals surface area contributed by atoms with E-state index in [1.54, 1.807) is 0 Å². The molecule has 0 heterocycles. The molecule has 0 atom stereocenters. The van der Waals surface area contributed by atoms with Crippen LogP contribution in [0.25, 0.3) is 0 Å². The Labute approximate surface area is 144 Å². The summed E-state index contributed by atoms with van der Waals surface area (Å²) in [6, 6.07) is 11.9. The van der Waals surface area contributed by atoms with E-state index in [4.69, 9.17) is 4.74 Å². The van der Waals surface area contributed by atoms with E-state index in [0.717, 1.165) is 43.6 Å². The molecule has 0 saturated carbocycles. The molecule has 5 heteroatoms. The van der Waals surface area contributed by atoms with Crippen molar-refractivity contribution in [1.82, 2.24) is 5.32 Å². The van der Waals surface area contributed by atoms with Crippen molar-refractivity contribution in [2.75, 3.05) is 6.54 Å². The molecule has 0 amide bonds. The normalized spacial score (nSPS) is 10.6. The number of rotatable bonds is 5. The Kier molecular flexibility index (Phi) is 6.08. The maximum absolute atomic E-state index is 6.04. The minimum atomic E-state index is 0.785. The van der Waals surface area contributed by atoms with E-state index in [2.05, 4.69) is 66.1 Å². The van der Waals surface area contributed by atoms with Gasteiger partial charge in [-0.15, -0.1) is 0 Å². The highest BCUT2D eigenvalue weighted by Gasteiger charge is 2.08. The molecule has 1 N–H and O–H groups in total. The minimum absolute atomic E-state index is 0.785. The Balaban J connectivity index is 2.29. The smallest absolute Gasteiger partial charge is 0.141 e. The minimum Gasteiger partial charge on any atom is -0.456 e. The van der Waals surface area contributed by atoms with Crippen LogP contribution in [0, 0.1) is 0 Å². The van der Waals surface area contributed by atoms with E-state index in [1.807, 2.05) is 30.3 Å². The lowest BCUT2D eigenvalue weighted by Gasteiger charge is -2.13. The van der Waals surface area contributed by atoms with Crippen LogP contribution in [0.3, 0.4) is 0 Å². The summed E-state index contributed by atoms with van der Waals surface area (Å²) in [4.78, 5) is 0. The predicted octanol–water partition coefficient (Wildman–Crippen LogP) is 5.88. The van der Waals surface area contributed by atoms with Crippen LogP contribution in [0.1, 0.15) is 12.5 Å². The standard InChI is InChI=1S/C15H14Br3NO/c1-2-19-9-10-3-4-12(17)8-15(10)20-14-6-5-11(16)7-13(14)18/h3-8,19H,2,9H2,1H3. The molecule has 0 unspecified atom stereocenters. The van der Waals surface area contributed by atoms with Crippen LogP contribution in [0.2, 0.25) is 0 Å². The molecule has 20 heavy (non-hydrogen) atoms. The summed E-state index contributed by atoms with van der Waals surface area (Å²) in [5.74, 6) is 1.65. The average molecular weight is 464 g/mol. The van der Waals surface area contributed by atoms with Crippen molar-refractivity contribution in [3.8, 4) is 11.5 Å². The van der Waals surface area contributed by atoms with Crippen LogP contribution in [-0.4, -0.2) is 6.54 Å². The van der Waals surface area contributed by atoms with Crippen LogP contribution in [0.4, 0.5) is 0 Å². The second-order valence-corrected chi connectivity index (χ2v) is 6.89. The summed E-state index contributed by atoms with van der Waals surface area (Å²) in [6.07, 6.45) is 0. The fourth-order valence-corrected chi connectivity index (χ4v) is 3.17. The largest absolute Gasteiger partial charge is 0.456 e. The zero-order valence-corrected chi connectivity index (χ0v) is 15.7. The van der Waals surface area contributed by atoms with Gasteiger partial charge in [0.1, 0.15) is 11.5 Å². The van der Waals surface area contributed by atoms with E-state index < -0.39 is 0 Å². The van der Waals surface area contributed by atoms with Crippen molar-refractivity contribution in [2.24, 2.45) is 0 Å². The Morgan fingerprint density at radius 1 is 0.950 bits per heavy atom. The van der Waals surface area contributed by atoms with Crippen molar-refractivity contribution in [2.45, 2.75) is 13.5 Å². The maximum atomic E-state index is 6.04. The topological polar surface area (TPSA) is 21.3 Å². The molecule has 0 bridgehead atoms. The highest BCUT2D eigenvalue weighted by Crippen LogP contribution is 2.34. The monoisotopic (exact) mass is 461 g/mol. The van der Waals surface area contributed by atoms with Gasteiger partial charge in [-0.25, -0.2) is 0 Å². The SMILES string of the molecule is CCNCc1ccc(Br)cc1Oc1ccc(Br)cc1Br. The number of hydrogen-bond donors (Lipinski definition) is 1. The third kappa shape index (κ3) is 4.32. The van der Waals surface area contributed by atoms with Gasteiger partial charge in [-0.3, -0.25) is 0 Å². The highest BCUT2D eigenvalue weighted by atomic mass is 79.9. The third-order valence-corrected chi connectivity index (χ3v) is 4.31. The molecule has 0 aromatic heterocycles. The van der Waals surface area contributed by atoms with Crippen molar-refractivity contribution in [3.63, 3.8) is 0 Å². The number of ether oxygens (including phenoxy) is 1. The van der Waals surface area contributed by atoms with Gasteiger partial charge in [0, 0.05) is 21.1 Å². The molecule has 0 radical (unpaired) electrons. The van der Waals surface area contributed by atoms with E-state index in [-0.39, 0.29) is 0 Å². The molecule has 0 spiro atoms. The lowest BCUT2D eigenvalue weighted by molar-refractivity contribution is 0.470. The van der Waals surface area contributed by atoms with Crippen molar-refractivity contribution in [1.29, 1.82) is 0 Å². The lowest BCUT2D eigenvalue weighted by Crippen LogP contribution is -2.12. The van der Waals surface area contributed by atoms with Gasteiger partial charge in [0.2, 0.25) is 0 Å². The van der Waals surface area contributed by atoms with E-state index in [1.165, 1.54) is 0 Å². The third-order valence-electron chi connectivity index (χ3n) is 2.71. The highest BCUT2D eigenvalue weighted by molar-refractivity contribution is 9.11. The van der Waals surface area contributed by atoms with Gasteiger partial charge in [0.05, 0.1) is 4.47 Å². The Morgan fingerprint density at radius 3 is 2.35 bits per heavy atom. The average Bonchev–Trinajstić information content (AvgIpc) is 2.41. The van der Waals surface area contributed by atoms with Crippen molar-refractivity contribution < 1.29 is 4.74 Å². The van der Waals surface area contributed by atoms with Gasteiger partial charge >= 0.3 is 0 Å². The van der Waals surface area contributed by atoms with E-state index >= 15 is 0 Å². The number of hydrogen-bond acceptors (Lipinski definition) is 2. The van der Waals surface area contributed by atoms with E-state index in [0.29, 0.717) is 0 Å². The number of halogens is 3. The molecule has 0 aliphatic heterocycles. The molecule has 0 saturated heterocycles. The Bertz CT molecular complexity index is 602. The molecule has 0 aliphatic rings. The van der Waals surface area contributed by atoms with Gasteiger partial charge in [0.15, 0.2) is 0 Å². The summed E-state index contributed by atoms with van der Waals surface area (Å²) in [5.41, 5.74) is 1.13. The fourth-order valence-electron chi connectivity index (χ4n) is 1.71. The molecule has 2 nitrogen and oxygen atoms in total. The molecule has 106 valence electrons. The lowest BCUT2D eigenvalue weighted by atomic mass is 10.2. The molecular weight excluding hydrogens is 450 g/mol. The number of benzene rings is 2. The van der Waals surface area contributed by atoms with Gasteiger partial charge in [0.25, 0.3) is 0 Å². The van der Waals surface area contributed by atoms with E-state index in [9.17, 15) is 0 Å². The molecule has 0 aliphatic carbocycles. The molecule has 2 aromatic carbocycles. The first-order chi connectivity index (χ1) is 9.60. The molecule has 0 fully saturated rings. The second-order valence-electron chi connectivity index (χ2n) is 4.21.